The number of aryl methyl sites for hydroxylation is 1. The minimum atomic E-state index is -0.523. The quantitative estimate of drug-likeness (QED) is 0.191. The first kappa shape index (κ1) is 24.0. The van der Waals surface area contributed by atoms with E-state index in [2.05, 4.69) is 26.5 Å². The SMILES string of the molecule is CCOc1ccc(C(=O)Oc2ccc(Br)cc2/C=N/NC(=O)COc2ccccc2C)cc1. The predicted molar refractivity (Wildman–Crippen MR) is 129 cm³/mol. The highest BCUT2D eigenvalue weighted by Crippen LogP contribution is 2.23. The molecule has 0 aliphatic carbocycles. The Hall–Kier alpha value is -3.65. The van der Waals surface area contributed by atoms with Gasteiger partial charge in [0, 0.05) is 10.0 Å². The lowest BCUT2D eigenvalue weighted by molar-refractivity contribution is -0.123. The lowest BCUT2D eigenvalue weighted by Crippen LogP contribution is -2.24. The van der Waals surface area contributed by atoms with Crippen LogP contribution in [0.25, 0.3) is 0 Å². The van der Waals surface area contributed by atoms with Gasteiger partial charge in [0.2, 0.25) is 0 Å². The summed E-state index contributed by atoms with van der Waals surface area (Å²) in [6, 6.07) is 19.2. The van der Waals surface area contributed by atoms with E-state index in [1.165, 1.54) is 6.21 Å². The average molecular weight is 511 g/mol. The summed E-state index contributed by atoms with van der Waals surface area (Å²) < 4.78 is 17.2. The van der Waals surface area contributed by atoms with Crippen molar-refractivity contribution in [2.24, 2.45) is 5.10 Å². The smallest absolute Gasteiger partial charge is 0.343 e. The number of esters is 1. The minimum absolute atomic E-state index is 0.180. The van der Waals surface area contributed by atoms with Gasteiger partial charge in [0.25, 0.3) is 5.91 Å². The molecule has 170 valence electrons. The van der Waals surface area contributed by atoms with E-state index in [-0.39, 0.29) is 6.61 Å². The van der Waals surface area contributed by atoms with E-state index in [4.69, 9.17) is 14.2 Å². The van der Waals surface area contributed by atoms with E-state index in [1.54, 1.807) is 48.5 Å². The number of hydrogen-bond acceptors (Lipinski definition) is 6. The van der Waals surface area contributed by atoms with Gasteiger partial charge in [0.15, 0.2) is 6.61 Å². The molecule has 1 N–H and O–H groups in total. The van der Waals surface area contributed by atoms with Crippen LogP contribution >= 0.6 is 15.9 Å². The molecule has 0 heterocycles. The molecule has 8 heteroatoms. The zero-order chi connectivity index (χ0) is 23.6. The molecule has 0 aromatic heterocycles. The Morgan fingerprint density at radius 3 is 2.48 bits per heavy atom. The summed E-state index contributed by atoms with van der Waals surface area (Å²) in [7, 11) is 0. The molecular formula is C25H23BrN2O5. The summed E-state index contributed by atoms with van der Waals surface area (Å²) in [5.74, 6) is 0.661. The van der Waals surface area contributed by atoms with Gasteiger partial charge in [-0.25, -0.2) is 10.2 Å². The van der Waals surface area contributed by atoms with Crippen molar-refractivity contribution in [3.8, 4) is 17.2 Å². The van der Waals surface area contributed by atoms with Gasteiger partial charge in [-0.2, -0.15) is 5.10 Å². The molecule has 0 unspecified atom stereocenters. The van der Waals surface area contributed by atoms with Crippen LogP contribution in [-0.4, -0.2) is 31.3 Å². The highest BCUT2D eigenvalue weighted by Gasteiger charge is 2.12. The fraction of sp³-hybridized carbons (Fsp3) is 0.160. The molecule has 0 aliphatic heterocycles. The average Bonchev–Trinajstić information content (AvgIpc) is 2.81. The molecular weight excluding hydrogens is 488 g/mol. The van der Waals surface area contributed by atoms with Crippen molar-refractivity contribution >= 4 is 34.0 Å². The van der Waals surface area contributed by atoms with Crippen LogP contribution in [0.15, 0.2) is 76.3 Å². The van der Waals surface area contributed by atoms with Crippen molar-refractivity contribution in [3.05, 3.63) is 87.9 Å². The molecule has 0 aliphatic rings. The minimum Gasteiger partial charge on any atom is -0.494 e. The van der Waals surface area contributed by atoms with Crippen LogP contribution in [0.1, 0.15) is 28.4 Å². The summed E-state index contributed by atoms with van der Waals surface area (Å²) in [5, 5.41) is 3.96. The van der Waals surface area contributed by atoms with Gasteiger partial charge in [0.05, 0.1) is 18.4 Å². The second kappa shape index (κ2) is 11.8. The van der Waals surface area contributed by atoms with Crippen molar-refractivity contribution < 1.29 is 23.8 Å². The Morgan fingerprint density at radius 1 is 1.00 bits per heavy atom. The fourth-order valence-corrected chi connectivity index (χ4v) is 3.17. The van der Waals surface area contributed by atoms with Crippen LogP contribution in [0.2, 0.25) is 0 Å². The Morgan fingerprint density at radius 2 is 1.76 bits per heavy atom. The second-order valence-corrected chi connectivity index (χ2v) is 7.79. The van der Waals surface area contributed by atoms with E-state index < -0.39 is 11.9 Å². The first-order chi connectivity index (χ1) is 16.0. The van der Waals surface area contributed by atoms with Crippen molar-refractivity contribution in [1.82, 2.24) is 5.43 Å². The zero-order valence-corrected chi connectivity index (χ0v) is 19.8. The van der Waals surface area contributed by atoms with E-state index in [9.17, 15) is 9.59 Å². The molecule has 0 fully saturated rings. The van der Waals surface area contributed by atoms with Crippen molar-refractivity contribution in [3.63, 3.8) is 0 Å². The number of hydrogen-bond donors (Lipinski definition) is 1. The third kappa shape index (κ3) is 7.18. The highest BCUT2D eigenvalue weighted by atomic mass is 79.9. The fourth-order valence-electron chi connectivity index (χ4n) is 2.79. The van der Waals surface area contributed by atoms with Crippen molar-refractivity contribution in [1.29, 1.82) is 0 Å². The number of benzene rings is 3. The van der Waals surface area contributed by atoms with Crippen LogP contribution in [0, 0.1) is 6.92 Å². The van der Waals surface area contributed by atoms with Crippen LogP contribution < -0.4 is 19.6 Å². The number of carbonyl (C=O) groups excluding carboxylic acids is 2. The Balaban J connectivity index is 1.61. The van der Waals surface area contributed by atoms with Crippen LogP contribution in [0.3, 0.4) is 0 Å². The molecule has 0 saturated carbocycles. The first-order valence-electron chi connectivity index (χ1n) is 10.2. The Bertz CT molecular complexity index is 1150. The standard InChI is InChI=1S/C25H23BrN2O5/c1-3-31-21-11-8-18(9-12-21)25(30)33-23-13-10-20(26)14-19(23)15-27-28-24(29)16-32-22-7-5-4-6-17(22)2/h4-15H,3,16H2,1-2H3,(H,28,29)/b27-15+. The molecule has 0 saturated heterocycles. The molecule has 0 bridgehead atoms. The van der Waals surface area contributed by atoms with E-state index in [1.807, 2.05) is 32.0 Å². The number of carbonyl (C=O) groups is 2. The molecule has 0 radical (unpaired) electrons. The lowest BCUT2D eigenvalue weighted by Gasteiger charge is -2.09. The van der Waals surface area contributed by atoms with E-state index in [0.29, 0.717) is 35.0 Å². The molecule has 0 spiro atoms. The van der Waals surface area contributed by atoms with Crippen LogP contribution in [-0.2, 0) is 4.79 Å². The van der Waals surface area contributed by atoms with Crippen molar-refractivity contribution in [2.75, 3.05) is 13.2 Å². The highest BCUT2D eigenvalue weighted by molar-refractivity contribution is 9.10. The number of hydrazone groups is 1. The normalized spacial score (nSPS) is 10.6. The monoisotopic (exact) mass is 510 g/mol. The largest absolute Gasteiger partial charge is 0.494 e. The van der Waals surface area contributed by atoms with Gasteiger partial charge in [-0.15, -0.1) is 0 Å². The zero-order valence-electron chi connectivity index (χ0n) is 18.2. The number of para-hydroxylation sites is 1. The van der Waals surface area contributed by atoms with Gasteiger partial charge < -0.3 is 14.2 Å². The molecule has 1 amide bonds. The Kier molecular flexibility index (Phi) is 8.60. The summed E-state index contributed by atoms with van der Waals surface area (Å²) in [4.78, 5) is 24.6. The number of nitrogens with zero attached hydrogens (tertiary/aromatic N) is 1. The van der Waals surface area contributed by atoms with Gasteiger partial charge in [-0.3, -0.25) is 4.79 Å². The van der Waals surface area contributed by atoms with Crippen LogP contribution in [0.5, 0.6) is 17.2 Å². The van der Waals surface area contributed by atoms with Crippen LogP contribution in [0.4, 0.5) is 0 Å². The Labute approximate surface area is 200 Å². The molecule has 7 nitrogen and oxygen atoms in total. The third-order valence-electron chi connectivity index (χ3n) is 4.42. The van der Waals surface area contributed by atoms with Crippen molar-refractivity contribution in [2.45, 2.75) is 13.8 Å². The summed E-state index contributed by atoms with van der Waals surface area (Å²) in [6.45, 7) is 4.15. The molecule has 3 rings (SSSR count). The number of halogens is 1. The summed E-state index contributed by atoms with van der Waals surface area (Å²) in [5.41, 5.74) is 4.22. The number of ether oxygens (including phenoxy) is 3. The summed E-state index contributed by atoms with van der Waals surface area (Å²) in [6.07, 6.45) is 1.40. The van der Waals surface area contributed by atoms with E-state index >= 15 is 0 Å². The van der Waals surface area contributed by atoms with Gasteiger partial charge in [-0.05, 0) is 67.9 Å². The van der Waals surface area contributed by atoms with E-state index in [0.717, 1.165) is 10.0 Å². The molecule has 0 atom stereocenters. The topological polar surface area (TPSA) is 86.2 Å². The van der Waals surface area contributed by atoms with Gasteiger partial charge in [0.1, 0.15) is 17.2 Å². The predicted octanol–water partition coefficient (Wildman–Crippen LogP) is 4.90. The maximum Gasteiger partial charge on any atom is 0.343 e. The first-order valence-corrected chi connectivity index (χ1v) is 11.0. The maximum absolute atomic E-state index is 12.5. The number of amides is 1. The number of nitrogens with one attached hydrogen (secondary N) is 1. The summed E-state index contributed by atoms with van der Waals surface area (Å²) >= 11 is 3.39. The molecule has 3 aromatic carbocycles. The van der Waals surface area contributed by atoms with Gasteiger partial charge >= 0.3 is 5.97 Å². The third-order valence-corrected chi connectivity index (χ3v) is 4.91. The molecule has 3 aromatic rings. The molecule has 33 heavy (non-hydrogen) atoms. The maximum atomic E-state index is 12.5. The number of rotatable bonds is 9. The lowest BCUT2D eigenvalue weighted by atomic mass is 10.2. The van der Waals surface area contributed by atoms with Gasteiger partial charge in [-0.1, -0.05) is 34.1 Å². The second-order valence-electron chi connectivity index (χ2n) is 6.88.